The van der Waals surface area contributed by atoms with Crippen LogP contribution in [0.5, 0.6) is 0 Å². The maximum Gasteiger partial charge on any atom is 0.113 e. The highest BCUT2D eigenvalue weighted by Gasteiger charge is 2.04. The van der Waals surface area contributed by atoms with Gasteiger partial charge < -0.3 is 10.1 Å². The molecule has 0 bridgehead atoms. The van der Waals surface area contributed by atoms with Crippen LogP contribution in [0.2, 0.25) is 0 Å². The number of nitrogens with zero attached hydrogens (tertiary/aromatic N) is 2. The van der Waals surface area contributed by atoms with Crippen molar-refractivity contribution in [3.05, 3.63) is 65.7 Å². The minimum absolute atomic E-state index is 0.766. The van der Waals surface area contributed by atoms with E-state index in [1.165, 1.54) is 11.1 Å². The van der Waals surface area contributed by atoms with E-state index in [4.69, 9.17) is 5.73 Å². The van der Waals surface area contributed by atoms with Gasteiger partial charge in [0.05, 0.1) is 11.7 Å². The van der Waals surface area contributed by atoms with Crippen LogP contribution in [0.25, 0.3) is 5.52 Å². The second-order valence-electron chi connectivity index (χ2n) is 4.92. The molecule has 0 atom stereocenters. The number of imidazole rings is 1. The molecule has 0 aliphatic rings. The van der Waals surface area contributed by atoms with Crippen LogP contribution in [-0.2, 0) is 12.8 Å². The molecule has 0 spiro atoms. The molecule has 0 unspecified atom stereocenters. The fourth-order valence-electron chi connectivity index (χ4n) is 2.26. The molecule has 3 heteroatoms. The van der Waals surface area contributed by atoms with E-state index in [0.717, 1.165) is 29.9 Å². The number of anilines is 1. The Balaban J connectivity index is 1.81. The summed E-state index contributed by atoms with van der Waals surface area (Å²) in [5.41, 5.74) is 10.3. The van der Waals surface area contributed by atoms with Crippen LogP contribution in [0.3, 0.4) is 0 Å². The number of pyridine rings is 1. The van der Waals surface area contributed by atoms with Crippen molar-refractivity contribution in [3.8, 4) is 0 Å². The largest absolute Gasteiger partial charge is 0.398 e. The van der Waals surface area contributed by atoms with Crippen molar-refractivity contribution in [2.75, 3.05) is 5.73 Å². The monoisotopic (exact) mass is 251 g/mol. The van der Waals surface area contributed by atoms with E-state index >= 15 is 0 Å². The second kappa shape index (κ2) is 4.76. The normalized spacial score (nSPS) is 11.0. The maximum absolute atomic E-state index is 5.83. The van der Waals surface area contributed by atoms with Gasteiger partial charge in [-0.2, -0.15) is 0 Å². The molecule has 19 heavy (non-hydrogen) atoms. The predicted octanol–water partition coefficient (Wildman–Crippen LogP) is 3.01. The van der Waals surface area contributed by atoms with Gasteiger partial charge in [-0.3, -0.25) is 0 Å². The molecule has 0 radical (unpaired) electrons. The predicted molar refractivity (Wildman–Crippen MR) is 78.2 cm³/mol. The molecule has 0 saturated carbocycles. The van der Waals surface area contributed by atoms with Crippen LogP contribution < -0.4 is 5.73 Å². The van der Waals surface area contributed by atoms with Crippen LogP contribution in [0.15, 0.2) is 48.8 Å². The molecule has 0 amide bonds. The summed E-state index contributed by atoms with van der Waals surface area (Å²) in [4.78, 5) is 4.48. The van der Waals surface area contributed by atoms with Crippen LogP contribution in [0, 0.1) is 6.92 Å². The summed E-state index contributed by atoms with van der Waals surface area (Å²) in [6.45, 7) is 2.11. The lowest BCUT2D eigenvalue weighted by Crippen LogP contribution is -1.99. The molecule has 3 aromatic rings. The lowest BCUT2D eigenvalue weighted by atomic mass is 10.1. The smallest absolute Gasteiger partial charge is 0.113 e. The maximum atomic E-state index is 5.83. The topological polar surface area (TPSA) is 43.3 Å². The Kier molecular flexibility index (Phi) is 2.95. The quantitative estimate of drug-likeness (QED) is 0.777. The van der Waals surface area contributed by atoms with Gasteiger partial charge in [0.25, 0.3) is 0 Å². The first-order valence-corrected chi connectivity index (χ1v) is 6.49. The van der Waals surface area contributed by atoms with Gasteiger partial charge >= 0.3 is 0 Å². The molecule has 96 valence electrons. The van der Waals surface area contributed by atoms with Crippen LogP contribution in [0.4, 0.5) is 5.69 Å². The lowest BCUT2D eigenvalue weighted by molar-refractivity contribution is 0.854. The van der Waals surface area contributed by atoms with Gasteiger partial charge in [0.1, 0.15) is 5.82 Å². The van der Waals surface area contributed by atoms with Crippen molar-refractivity contribution in [2.24, 2.45) is 0 Å². The van der Waals surface area contributed by atoms with E-state index in [-0.39, 0.29) is 0 Å². The van der Waals surface area contributed by atoms with Crippen molar-refractivity contribution in [2.45, 2.75) is 19.8 Å². The molecule has 1 aromatic carbocycles. The fraction of sp³-hybridized carbons (Fsp3) is 0.188. The summed E-state index contributed by atoms with van der Waals surface area (Å²) in [7, 11) is 0. The number of benzene rings is 1. The minimum atomic E-state index is 0.766. The molecule has 3 nitrogen and oxygen atoms in total. The van der Waals surface area contributed by atoms with E-state index in [1.54, 1.807) is 0 Å². The Morgan fingerprint density at radius 2 is 1.84 bits per heavy atom. The Bertz CT molecular complexity index is 696. The van der Waals surface area contributed by atoms with Crippen molar-refractivity contribution >= 4 is 11.2 Å². The number of hydrogen-bond acceptors (Lipinski definition) is 2. The number of nitrogen functional groups attached to an aromatic ring is 1. The van der Waals surface area contributed by atoms with E-state index in [0.29, 0.717) is 0 Å². The summed E-state index contributed by atoms with van der Waals surface area (Å²) in [6.07, 6.45) is 5.74. The zero-order valence-electron chi connectivity index (χ0n) is 11.0. The van der Waals surface area contributed by atoms with Crippen LogP contribution in [-0.4, -0.2) is 9.38 Å². The molecule has 2 N–H and O–H groups in total. The average molecular weight is 251 g/mol. The SMILES string of the molecule is Cc1ccc(CCc2ncc3ccc(N)cn23)cc1. The summed E-state index contributed by atoms with van der Waals surface area (Å²) in [5.74, 6) is 1.06. The number of nitrogens with two attached hydrogens (primary N) is 1. The average Bonchev–Trinajstić information content (AvgIpc) is 2.80. The van der Waals surface area contributed by atoms with E-state index in [1.807, 2.05) is 24.5 Å². The van der Waals surface area contributed by atoms with Gasteiger partial charge in [0.15, 0.2) is 0 Å². The number of aryl methyl sites for hydroxylation is 3. The Labute approximate surface area is 112 Å². The highest BCUT2D eigenvalue weighted by molar-refractivity contribution is 5.52. The molecule has 0 fully saturated rings. The van der Waals surface area contributed by atoms with Gasteiger partial charge in [-0.1, -0.05) is 29.8 Å². The van der Waals surface area contributed by atoms with Crippen LogP contribution >= 0.6 is 0 Å². The first kappa shape index (κ1) is 11.8. The van der Waals surface area contributed by atoms with E-state index in [2.05, 4.69) is 40.6 Å². The third-order valence-electron chi connectivity index (χ3n) is 3.38. The molecule has 3 rings (SSSR count). The number of hydrogen-bond donors (Lipinski definition) is 1. The third kappa shape index (κ3) is 2.45. The van der Waals surface area contributed by atoms with Gasteiger partial charge in [0.2, 0.25) is 0 Å². The molecule has 0 aliphatic carbocycles. The molecular weight excluding hydrogens is 234 g/mol. The molecule has 2 aromatic heterocycles. The zero-order valence-corrected chi connectivity index (χ0v) is 11.0. The molecular formula is C16H17N3. The summed E-state index contributed by atoms with van der Waals surface area (Å²) < 4.78 is 2.07. The Morgan fingerprint density at radius 3 is 2.63 bits per heavy atom. The summed E-state index contributed by atoms with van der Waals surface area (Å²) in [6, 6.07) is 12.6. The van der Waals surface area contributed by atoms with Gasteiger partial charge in [-0.25, -0.2) is 4.98 Å². The Hall–Kier alpha value is -2.29. The third-order valence-corrected chi connectivity index (χ3v) is 3.38. The first-order valence-electron chi connectivity index (χ1n) is 6.49. The van der Waals surface area contributed by atoms with Crippen molar-refractivity contribution < 1.29 is 0 Å². The highest BCUT2D eigenvalue weighted by atomic mass is 15.0. The molecule has 0 aliphatic heterocycles. The zero-order chi connectivity index (χ0) is 13.2. The van der Waals surface area contributed by atoms with Crippen LogP contribution in [0.1, 0.15) is 17.0 Å². The van der Waals surface area contributed by atoms with Gasteiger partial charge in [-0.15, -0.1) is 0 Å². The molecule has 2 heterocycles. The van der Waals surface area contributed by atoms with E-state index in [9.17, 15) is 0 Å². The first-order chi connectivity index (χ1) is 9.22. The highest BCUT2D eigenvalue weighted by Crippen LogP contribution is 2.13. The van der Waals surface area contributed by atoms with Crippen molar-refractivity contribution in [1.82, 2.24) is 9.38 Å². The minimum Gasteiger partial charge on any atom is -0.398 e. The van der Waals surface area contributed by atoms with Crippen molar-refractivity contribution in [1.29, 1.82) is 0 Å². The standard InChI is InChI=1S/C16H17N3/c1-12-2-4-13(5-3-12)6-9-16-18-10-15-8-7-14(17)11-19(15)16/h2-5,7-8,10-11H,6,9,17H2,1H3. The summed E-state index contributed by atoms with van der Waals surface area (Å²) in [5, 5.41) is 0. The summed E-state index contributed by atoms with van der Waals surface area (Å²) >= 11 is 0. The molecule has 0 saturated heterocycles. The fourth-order valence-corrected chi connectivity index (χ4v) is 2.26. The number of fused-ring (bicyclic) bond motifs is 1. The lowest BCUT2D eigenvalue weighted by Gasteiger charge is -2.03. The van der Waals surface area contributed by atoms with Crippen molar-refractivity contribution in [3.63, 3.8) is 0 Å². The van der Waals surface area contributed by atoms with E-state index < -0.39 is 0 Å². The van der Waals surface area contributed by atoms with Gasteiger partial charge in [-0.05, 0) is 31.0 Å². The second-order valence-corrected chi connectivity index (χ2v) is 4.92. The number of aromatic nitrogens is 2. The number of rotatable bonds is 3. The Morgan fingerprint density at radius 1 is 1.05 bits per heavy atom. The van der Waals surface area contributed by atoms with Gasteiger partial charge in [0, 0.05) is 18.3 Å².